The molecule has 19 heavy (non-hydrogen) atoms. The van der Waals surface area contributed by atoms with Crippen molar-refractivity contribution in [2.24, 2.45) is 11.8 Å². The summed E-state index contributed by atoms with van der Waals surface area (Å²) >= 11 is 0. The lowest BCUT2D eigenvalue weighted by atomic mass is 9.94. The van der Waals surface area contributed by atoms with Gasteiger partial charge in [-0.1, -0.05) is 13.3 Å². The fourth-order valence-electron chi connectivity index (χ4n) is 2.90. The second-order valence-corrected chi connectivity index (χ2v) is 6.12. The molecule has 1 heterocycles. The molecule has 2 aliphatic rings. The molecule has 0 aromatic carbocycles. The summed E-state index contributed by atoms with van der Waals surface area (Å²) in [6.07, 6.45) is 6.10. The summed E-state index contributed by atoms with van der Waals surface area (Å²) in [5.41, 5.74) is 0. The second kappa shape index (κ2) is 7.25. The summed E-state index contributed by atoms with van der Waals surface area (Å²) in [5.74, 6) is 0.898. The summed E-state index contributed by atoms with van der Waals surface area (Å²) in [6, 6.07) is 0.454. The summed E-state index contributed by atoms with van der Waals surface area (Å²) in [7, 11) is 1.50. The van der Waals surface area contributed by atoms with E-state index in [1.54, 1.807) is 0 Å². The molecule has 1 saturated heterocycles. The van der Waals surface area contributed by atoms with E-state index in [1.165, 1.54) is 32.8 Å². The van der Waals surface area contributed by atoms with Gasteiger partial charge in [0.1, 0.15) is 0 Å². The minimum Gasteiger partial charge on any atom is -0.469 e. The number of esters is 1. The Balaban J connectivity index is 1.84. The molecule has 2 atom stereocenters. The van der Waals surface area contributed by atoms with E-state index in [-0.39, 0.29) is 11.9 Å². The van der Waals surface area contributed by atoms with Crippen LogP contribution >= 0.6 is 0 Å². The van der Waals surface area contributed by atoms with E-state index in [1.807, 2.05) is 0 Å². The number of nitrogens with zero attached hydrogens (tertiary/aromatic N) is 1. The quantitative estimate of drug-likeness (QED) is 0.713. The van der Waals surface area contributed by atoms with Crippen LogP contribution in [0.1, 0.15) is 39.0 Å². The van der Waals surface area contributed by atoms with Crippen LogP contribution in [0.2, 0.25) is 0 Å². The van der Waals surface area contributed by atoms with E-state index < -0.39 is 0 Å². The zero-order valence-corrected chi connectivity index (χ0v) is 12.4. The number of carbonyl (C=O) groups is 1. The largest absolute Gasteiger partial charge is 0.469 e. The van der Waals surface area contributed by atoms with Crippen molar-refractivity contribution in [1.29, 1.82) is 0 Å². The summed E-state index contributed by atoms with van der Waals surface area (Å²) in [6.45, 7) is 6.39. The van der Waals surface area contributed by atoms with E-state index in [0.717, 1.165) is 38.5 Å². The lowest BCUT2D eigenvalue weighted by Crippen LogP contribution is -2.51. The van der Waals surface area contributed by atoms with Crippen molar-refractivity contribution in [2.75, 3.05) is 33.3 Å². The van der Waals surface area contributed by atoms with Crippen LogP contribution in [0.4, 0.5) is 0 Å². The number of hydrogen-bond donors (Lipinski definition) is 1. The number of rotatable bonds is 7. The highest BCUT2D eigenvalue weighted by molar-refractivity contribution is 5.72. The van der Waals surface area contributed by atoms with Crippen molar-refractivity contribution < 1.29 is 9.53 Å². The van der Waals surface area contributed by atoms with Gasteiger partial charge in [-0.3, -0.25) is 4.79 Å². The van der Waals surface area contributed by atoms with Gasteiger partial charge < -0.3 is 15.0 Å². The third-order valence-electron chi connectivity index (χ3n) is 4.28. The predicted octanol–water partition coefficient (Wildman–Crippen LogP) is 1.65. The topological polar surface area (TPSA) is 41.6 Å². The number of unbranched alkanes of at least 4 members (excludes halogenated alkanes) is 1. The summed E-state index contributed by atoms with van der Waals surface area (Å²) < 4.78 is 4.94. The summed E-state index contributed by atoms with van der Waals surface area (Å²) in [4.78, 5) is 14.2. The fraction of sp³-hybridized carbons (Fsp3) is 0.933. The van der Waals surface area contributed by atoms with Crippen LogP contribution in [0.15, 0.2) is 0 Å². The van der Waals surface area contributed by atoms with Gasteiger partial charge in [-0.05, 0) is 44.7 Å². The Kier molecular flexibility index (Phi) is 5.64. The van der Waals surface area contributed by atoms with Crippen molar-refractivity contribution in [2.45, 2.75) is 45.1 Å². The molecule has 4 heteroatoms. The smallest absolute Gasteiger partial charge is 0.310 e. The first-order valence-electron chi connectivity index (χ1n) is 7.76. The van der Waals surface area contributed by atoms with Crippen molar-refractivity contribution in [1.82, 2.24) is 10.2 Å². The summed E-state index contributed by atoms with van der Waals surface area (Å²) in [5, 5.41) is 3.65. The van der Waals surface area contributed by atoms with Gasteiger partial charge in [0.25, 0.3) is 0 Å². The number of methoxy groups -OCH3 is 1. The molecule has 4 nitrogen and oxygen atoms in total. The maximum atomic E-state index is 11.8. The highest BCUT2D eigenvalue weighted by Crippen LogP contribution is 2.28. The standard InChI is InChI=1S/C15H28N2O2/c1-3-4-7-17-10-13(15(18)19-2)8-14(11-17)16-9-12-5-6-12/h12-14,16H,3-11H2,1-2H3. The zero-order chi connectivity index (χ0) is 13.7. The van der Waals surface area contributed by atoms with E-state index in [9.17, 15) is 4.79 Å². The molecular weight excluding hydrogens is 240 g/mol. The highest BCUT2D eigenvalue weighted by Gasteiger charge is 2.32. The Morgan fingerprint density at radius 2 is 2.16 bits per heavy atom. The molecule has 0 aromatic rings. The van der Waals surface area contributed by atoms with E-state index in [4.69, 9.17) is 4.74 Å². The molecular formula is C15H28N2O2. The van der Waals surface area contributed by atoms with E-state index >= 15 is 0 Å². The van der Waals surface area contributed by atoms with Gasteiger partial charge in [-0.15, -0.1) is 0 Å². The first-order valence-corrected chi connectivity index (χ1v) is 7.76. The van der Waals surface area contributed by atoms with Gasteiger partial charge in [0.2, 0.25) is 0 Å². The van der Waals surface area contributed by atoms with Crippen LogP contribution < -0.4 is 5.32 Å². The number of carbonyl (C=O) groups excluding carboxylic acids is 1. The lowest BCUT2D eigenvalue weighted by molar-refractivity contribution is -0.147. The number of hydrogen-bond acceptors (Lipinski definition) is 4. The SMILES string of the molecule is CCCCN1CC(NCC2CC2)CC(C(=O)OC)C1. The minimum absolute atomic E-state index is 0.0422. The van der Waals surface area contributed by atoms with Gasteiger partial charge in [-0.2, -0.15) is 0 Å². The van der Waals surface area contributed by atoms with Crippen molar-refractivity contribution in [3.8, 4) is 0 Å². The number of piperidine rings is 1. The van der Waals surface area contributed by atoms with Gasteiger partial charge in [0, 0.05) is 19.1 Å². The molecule has 0 radical (unpaired) electrons. The molecule has 2 rings (SSSR count). The normalized spacial score (nSPS) is 28.3. The van der Waals surface area contributed by atoms with Gasteiger partial charge in [0.05, 0.1) is 13.0 Å². The van der Waals surface area contributed by atoms with Gasteiger partial charge in [0.15, 0.2) is 0 Å². The second-order valence-electron chi connectivity index (χ2n) is 6.12. The van der Waals surface area contributed by atoms with Crippen molar-refractivity contribution in [3.05, 3.63) is 0 Å². The maximum absolute atomic E-state index is 11.8. The molecule has 110 valence electrons. The maximum Gasteiger partial charge on any atom is 0.310 e. The molecule has 0 amide bonds. The zero-order valence-electron chi connectivity index (χ0n) is 12.4. The van der Waals surface area contributed by atoms with Crippen LogP contribution in [0.25, 0.3) is 0 Å². The average Bonchev–Trinajstić information content (AvgIpc) is 3.26. The van der Waals surface area contributed by atoms with Crippen LogP contribution in [-0.2, 0) is 9.53 Å². The fourth-order valence-corrected chi connectivity index (χ4v) is 2.90. The molecule has 1 saturated carbocycles. The Bertz CT molecular complexity index is 292. The van der Waals surface area contributed by atoms with Crippen LogP contribution in [0, 0.1) is 11.8 Å². The molecule has 1 aliphatic heterocycles. The van der Waals surface area contributed by atoms with Crippen LogP contribution in [0.5, 0.6) is 0 Å². The minimum atomic E-state index is -0.0422. The average molecular weight is 268 g/mol. The van der Waals surface area contributed by atoms with Crippen molar-refractivity contribution in [3.63, 3.8) is 0 Å². The predicted molar refractivity (Wildman–Crippen MR) is 76.0 cm³/mol. The third kappa shape index (κ3) is 4.77. The van der Waals surface area contributed by atoms with Crippen molar-refractivity contribution >= 4 is 5.97 Å². The molecule has 1 N–H and O–H groups in total. The van der Waals surface area contributed by atoms with Crippen LogP contribution in [0.3, 0.4) is 0 Å². The molecule has 0 spiro atoms. The Morgan fingerprint density at radius 3 is 2.79 bits per heavy atom. The Hall–Kier alpha value is -0.610. The Morgan fingerprint density at radius 1 is 1.37 bits per heavy atom. The number of ether oxygens (including phenoxy) is 1. The monoisotopic (exact) mass is 268 g/mol. The lowest BCUT2D eigenvalue weighted by Gasteiger charge is -2.37. The molecule has 2 unspecified atom stereocenters. The molecule has 1 aliphatic carbocycles. The molecule has 0 aromatic heterocycles. The number of nitrogens with one attached hydrogen (secondary N) is 1. The molecule has 2 fully saturated rings. The first-order chi connectivity index (χ1) is 9.22. The van der Waals surface area contributed by atoms with Crippen LogP contribution in [-0.4, -0.2) is 50.2 Å². The van der Waals surface area contributed by atoms with Gasteiger partial charge >= 0.3 is 5.97 Å². The van der Waals surface area contributed by atoms with Gasteiger partial charge in [-0.25, -0.2) is 0 Å². The Labute approximate surface area is 116 Å². The first kappa shape index (κ1) is 14.8. The third-order valence-corrected chi connectivity index (χ3v) is 4.28. The number of likely N-dealkylation sites (tertiary alicyclic amines) is 1. The van der Waals surface area contributed by atoms with E-state index in [2.05, 4.69) is 17.1 Å². The molecule has 0 bridgehead atoms. The highest BCUT2D eigenvalue weighted by atomic mass is 16.5. The van der Waals surface area contributed by atoms with E-state index in [0.29, 0.717) is 6.04 Å².